The van der Waals surface area contributed by atoms with Crippen LogP contribution < -0.4 is 10.6 Å². The minimum absolute atomic E-state index is 0.00865. The van der Waals surface area contributed by atoms with Crippen LogP contribution in [0, 0.1) is 13.8 Å². The number of likely N-dealkylation sites (tertiary alicyclic amines) is 2. The third-order valence-electron chi connectivity index (χ3n) is 7.68. The molecule has 3 heterocycles. The van der Waals surface area contributed by atoms with Crippen LogP contribution in [0.3, 0.4) is 0 Å². The number of guanidine groups is 1. The average Bonchev–Trinajstić information content (AvgIpc) is 3.59. The first-order chi connectivity index (χ1) is 20.6. The van der Waals surface area contributed by atoms with Gasteiger partial charge in [-0.1, -0.05) is 17.7 Å². The number of carbonyl (C=O) groups is 3. The third kappa shape index (κ3) is 7.61. The van der Waals surface area contributed by atoms with Crippen molar-refractivity contribution in [1.82, 2.24) is 15.1 Å². The van der Waals surface area contributed by atoms with Gasteiger partial charge >= 0.3 is 0 Å². The Bertz CT molecular complexity index is 1640. The number of carbonyl (C=O) groups excluding carboxylic acids is 3. The lowest BCUT2D eigenvalue weighted by Gasteiger charge is -2.25. The molecule has 2 aliphatic heterocycles. The first-order valence-electron chi connectivity index (χ1n) is 14.6. The summed E-state index contributed by atoms with van der Waals surface area (Å²) in [6.45, 7) is 5.53. The van der Waals surface area contributed by atoms with E-state index in [9.17, 15) is 22.8 Å². The molecule has 1 aromatic heterocycles. The molecule has 1 atom stereocenters. The standard InChI is InChI=1S/C31H37N5O6S/c1-21-8-11-25(12-9-21)43(40,41)20-28(37)34-31(32-24-10-13-27-23(18-24)17-22(2)42-27)33-26-7-3-4-16-36(30(26)39)19-29(38)35-14-5-6-15-35/h8-13,17-18,26H,3-7,14-16,19-20H2,1-2H3,(H2,32,33,34,37). The molecular weight excluding hydrogens is 570 g/mol. The number of hydrogen-bond acceptors (Lipinski definition) is 7. The van der Waals surface area contributed by atoms with Crippen molar-refractivity contribution < 1.29 is 27.2 Å². The van der Waals surface area contributed by atoms with Gasteiger partial charge in [0.15, 0.2) is 9.84 Å². The first kappa shape index (κ1) is 30.3. The Kier molecular flexibility index (Phi) is 9.14. The second kappa shape index (κ2) is 13.0. The van der Waals surface area contributed by atoms with Crippen LogP contribution in [0.4, 0.5) is 5.69 Å². The van der Waals surface area contributed by atoms with Gasteiger partial charge in [0.05, 0.1) is 11.4 Å². The number of rotatable bonds is 7. The second-order valence-corrected chi connectivity index (χ2v) is 13.2. The highest BCUT2D eigenvalue weighted by molar-refractivity contribution is 7.92. The van der Waals surface area contributed by atoms with E-state index in [-0.39, 0.29) is 29.2 Å². The van der Waals surface area contributed by atoms with Gasteiger partial charge in [-0.3, -0.25) is 19.7 Å². The molecular formula is C31H37N5O6S. The highest BCUT2D eigenvalue weighted by Crippen LogP contribution is 2.23. The maximum absolute atomic E-state index is 13.6. The van der Waals surface area contributed by atoms with E-state index in [2.05, 4.69) is 15.6 Å². The van der Waals surface area contributed by atoms with E-state index in [4.69, 9.17) is 4.42 Å². The van der Waals surface area contributed by atoms with Crippen molar-refractivity contribution in [1.29, 1.82) is 0 Å². The van der Waals surface area contributed by atoms with E-state index in [1.165, 1.54) is 12.1 Å². The normalized spacial score (nSPS) is 18.1. The summed E-state index contributed by atoms with van der Waals surface area (Å²) in [5, 5.41) is 6.49. The molecule has 2 aliphatic rings. The minimum Gasteiger partial charge on any atom is -0.461 e. The molecule has 2 fully saturated rings. The van der Waals surface area contributed by atoms with E-state index in [1.807, 2.05) is 26.0 Å². The Morgan fingerprint density at radius 2 is 1.70 bits per heavy atom. The number of hydrogen-bond donors (Lipinski definition) is 2. The fourth-order valence-electron chi connectivity index (χ4n) is 5.40. The van der Waals surface area contributed by atoms with Crippen molar-refractivity contribution in [3.8, 4) is 0 Å². The van der Waals surface area contributed by atoms with Crippen LogP contribution >= 0.6 is 0 Å². The number of sulfone groups is 1. The zero-order valence-electron chi connectivity index (χ0n) is 24.5. The van der Waals surface area contributed by atoms with Gasteiger partial charge in [0, 0.05) is 30.7 Å². The highest BCUT2D eigenvalue weighted by Gasteiger charge is 2.31. The van der Waals surface area contributed by atoms with Crippen LogP contribution in [0.1, 0.15) is 43.4 Å². The van der Waals surface area contributed by atoms with Gasteiger partial charge in [-0.05, 0) is 82.3 Å². The van der Waals surface area contributed by atoms with Crippen molar-refractivity contribution in [2.75, 3.05) is 37.2 Å². The minimum atomic E-state index is -3.93. The molecule has 0 radical (unpaired) electrons. The maximum atomic E-state index is 13.6. The lowest BCUT2D eigenvalue weighted by atomic mass is 10.1. The lowest BCUT2D eigenvalue weighted by Crippen LogP contribution is -2.46. The van der Waals surface area contributed by atoms with E-state index in [0.29, 0.717) is 43.7 Å². The summed E-state index contributed by atoms with van der Waals surface area (Å²) in [7, 11) is -3.93. The highest BCUT2D eigenvalue weighted by atomic mass is 32.2. The van der Waals surface area contributed by atoms with Crippen LogP contribution in [0.25, 0.3) is 11.0 Å². The number of nitrogens with one attached hydrogen (secondary N) is 2. The van der Waals surface area contributed by atoms with Crippen LogP contribution in [-0.4, -0.2) is 79.9 Å². The summed E-state index contributed by atoms with van der Waals surface area (Å²) in [5.41, 5.74) is 2.15. The van der Waals surface area contributed by atoms with Gasteiger partial charge < -0.3 is 19.5 Å². The Labute approximate surface area is 251 Å². The molecule has 0 aliphatic carbocycles. The number of benzene rings is 2. The summed E-state index contributed by atoms with van der Waals surface area (Å²) in [4.78, 5) is 47.5. The first-order valence-corrected chi connectivity index (χ1v) is 16.2. The largest absolute Gasteiger partial charge is 0.461 e. The van der Waals surface area contributed by atoms with Crippen molar-refractivity contribution >= 4 is 50.2 Å². The predicted molar refractivity (Wildman–Crippen MR) is 163 cm³/mol. The van der Waals surface area contributed by atoms with E-state index >= 15 is 0 Å². The predicted octanol–water partition coefficient (Wildman–Crippen LogP) is 3.41. The fraction of sp³-hybridized carbons (Fsp3) is 0.419. The molecule has 5 rings (SSSR count). The summed E-state index contributed by atoms with van der Waals surface area (Å²) in [5.74, 6) is -1.28. The molecule has 12 heteroatoms. The average molecular weight is 608 g/mol. The van der Waals surface area contributed by atoms with Gasteiger partial charge in [-0.15, -0.1) is 0 Å². The number of nitrogens with zero attached hydrogens (tertiary/aromatic N) is 3. The molecule has 3 amide bonds. The molecule has 2 aromatic carbocycles. The molecule has 11 nitrogen and oxygen atoms in total. The van der Waals surface area contributed by atoms with Crippen molar-refractivity contribution in [2.45, 2.75) is 56.9 Å². The number of fused-ring (bicyclic) bond motifs is 1. The summed E-state index contributed by atoms with van der Waals surface area (Å²) in [6.07, 6.45) is 3.79. The Morgan fingerprint density at radius 1 is 0.977 bits per heavy atom. The number of amides is 3. The molecule has 0 spiro atoms. The summed E-state index contributed by atoms with van der Waals surface area (Å²) in [6, 6.07) is 12.6. The smallest absolute Gasteiger partial charge is 0.247 e. The van der Waals surface area contributed by atoms with Crippen LogP contribution in [0.2, 0.25) is 0 Å². The van der Waals surface area contributed by atoms with Gasteiger partial charge in [-0.25, -0.2) is 13.4 Å². The second-order valence-electron chi connectivity index (χ2n) is 11.2. The Balaban J connectivity index is 1.38. The molecule has 3 aromatic rings. The van der Waals surface area contributed by atoms with Gasteiger partial charge in [-0.2, -0.15) is 0 Å². The Morgan fingerprint density at radius 3 is 2.44 bits per heavy atom. The van der Waals surface area contributed by atoms with Crippen LogP contribution in [0.15, 0.2) is 62.8 Å². The monoisotopic (exact) mass is 607 g/mol. The molecule has 0 bridgehead atoms. The SMILES string of the molecule is Cc1ccc(S(=O)(=O)CC(=O)NC(=NC2CCCCN(CC(=O)N3CCCC3)C2=O)Nc2ccc3oc(C)cc3c2)cc1. The van der Waals surface area contributed by atoms with Crippen molar-refractivity contribution in [3.05, 3.63) is 59.9 Å². The molecule has 0 saturated carbocycles. The van der Waals surface area contributed by atoms with Crippen molar-refractivity contribution in [2.24, 2.45) is 4.99 Å². The molecule has 1 unspecified atom stereocenters. The fourth-order valence-corrected chi connectivity index (χ4v) is 6.54. The molecule has 2 saturated heterocycles. The third-order valence-corrected chi connectivity index (χ3v) is 9.32. The van der Waals surface area contributed by atoms with Crippen molar-refractivity contribution in [3.63, 3.8) is 0 Å². The van der Waals surface area contributed by atoms with E-state index < -0.39 is 27.5 Å². The lowest BCUT2D eigenvalue weighted by molar-refractivity contribution is -0.140. The van der Waals surface area contributed by atoms with Gasteiger partial charge in [0.2, 0.25) is 23.7 Å². The van der Waals surface area contributed by atoms with Gasteiger partial charge in [0.25, 0.3) is 0 Å². The van der Waals surface area contributed by atoms with Gasteiger partial charge in [0.1, 0.15) is 23.1 Å². The molecule has 43 heavy (non-hydrogen) atoms. The molecule has 228 valence electrons. The number of aliphatic imine (C=N–C) groups is 1. The number of anilines is 1. The maximum Gasteiger partial charge on any atom is 0.247 e. The molecule has 2 N–H and O–H groups in total. The van der Waals surface area contributed by atoms with Crippen LogP contribution in [0.5, 0.6) is 0 Å². The number of aryl methyl sites for hydroxylation is 2. The number of furan rings is 1. The topological polar surface area (TPSA) is 141 Å². The Hall–Kier alpha value is -4.19. The zero-order valence-corrected chi connectivity index (χ0v) is 25.3. The summed E-state index contributed by atoms with van der Waals surface area (Å²) < 4.78 is 31.6. The van der Waals surface area contributed by atoms with E-state index in [1.54, 1.807) is 34.1 Å². The quantitative estimate of drug-likeness (QED) is 0.310. The zero-order chi connectivity index (χ0) is 30.6. The van der Waals surface area contributed by atoms with Crippen LogP contribution in [-0.2, 0) is 24.2 Å². The summed E-state index contributed by atoms with van der Waals surface area (Å²) >= 11 is 0. The van der Waals surface area contributed by atoms with E-state index in [0.717, 1.165) is 36.0 Å².